The predicted octanol–water partition coefficient (Wildman–Crippen LogP) is 3.16. The van der Waals surface area contributed by atoms with Crippen LogP contribution in [0.4, 0.5) is 16.0 Å². The molecular weight excluding hydrogens is 447 g/mol. The third kappa shape index (κ3) is 5.34. The van der Waals surface area contributed by atoms with Crippen LogP contribution in [0.15, 0.2) is 24.8 Å². The highest BCUT2D eigenvalue weighted by atomic mass is 32.1. The number of nitrogens with one attached hydrogen (secondary N) is 3. The van der Waals surface area contributed by atoms with Gasteiger partial charge in [0.25, 0.3) is 11.8 Å². The molecule has 0 fully saturated rings. The molecule has 3 aromatic rings. The SMILES string of the molecule is Cc1cnc(NC(=O)c2cnc(C(C)NC(=O)c3ncnc(N)c3C=N)s2)cc1C(C)(C)F. The van der Waals surface area contributed by atoms with Crippen molar-refractivity contribution in [3.05, 3.63) is 57.1 Å². The van der Waals surface area contributed by atoms with Gasteiger partial charge < -0.3 is 21.8 Å². The van der Waals surface area contributed by atoms with Gasteiger partial charge in [-0.15, -0.1) is 11.3 Å². The molecule has 12 heteroatoms. The molecule has 3 heterocycles. The fourth-order valence-electron chi connectivity index (χ4n) is 3.06. The normalized spacial score (nSPS) is 12.2. The van der Waals surface area contributed by atoms with Crippen molar-refractivity contribution in [2.24, 2.45) is 0 Å². The van der Waals surface area contributed by atoms with Crippen molar-refractivity contribution in [3.63, 3.8) is 0 Å². The maximum atomic E-state index is 14.4. The van der Waals surface area contributed by atoms with Crippen LogP contribution in [0.5, 0.6) is 0 Å². The summed E-state index contributed by atoms with van der Waals surface area (Å²) < 4.78 is 14.4. The molecule has 33 heavy (non-hydrogen) atoms. The van der Waals surface area contributed by atoms with E-state index < -0.39 is 23.5 Å². The standard InChI is InChI=1S/C21H23FN8O2S/c1-10-7-25-15(5-13(10)21(3,4)22)30-18(31)14-8-26-20(33-14)11(2)29-19(32)16-12(6-23)17(24)28-9-27-16/h5-9,11,23H,1-4H3,(H,29,32)(H2,24,27,28)(H,25,30,31). The van der Waals surface area contributed by atoms with E-state index in [2.05, 4.69) is 30.6 Å². The minimum absolute atomic E-state index is 0.0232. The Morgan fingerprint density at radius 2 is 1.94 bits per heavy atom. The van der Waals surface area contributed by atoms with E-state index >= 15 is 0 Å². The lowest BCUT2D eigenvalue weighted by atomic mass is 9.97. The second-order valence-electron chi connectivity index (χ2n) is 7.73. The summed E-state index contributed by atoms with van der Waals surface area (Å²) >= 11 is 1.09. The lowest BCUT2D eigenvalue weighted by molar-refractivity contribution is 0.0934. The Morgan fingerprint density at radius 1 is 1.21 bits per heavy atom. The molecule has 0 aliphatic carbocycles. The van der Waals surface area contributed by atoms with Gasteiger partial charge in [0.15, 0.2) is 0 Å². The number of halogens is 1. The van der Waals surface area contributed by atoms with Crippen LogP contribution in [-0.4, -0.2) is 38.0 Å². The lowest BCUT2D eigenvalue weighted by Gasteiger charge is -2.18. The van der Waals surface area contributed by atoms with E-state index in [1.807, 2.05) is 0 Å². The van der Waals surface area contributed by atoms with Gasteiger partial charge >= 0.3 is 0 Å². The smallest absolute Gasteiger partial charge is 0.271 e. The quantitative estimate of drug-likeness (QED) is 0.386. The first-order valence-corrected chi connectivity index (χ1v) is 10.7. The van der Waals surface area contributed by atoms with Crippen LogP contribution < -0.4 is 16.4 Å². The predicted molar refractivity (Wildman–Crippen MR) is 123 cm³/mol. The minimum atomic E-state index is -1.58. The Bertz CT molecular complexity index is 1220. The number of amides is 2. The number of rotatable bonds is 7. The highest BCUT2D eigenvalue weighted by Gasteiger charge is 2.23. The Kier molecular flexibility index (Phi) is 6.77. The van der Waals surface area contributed by atoms with Gasteiger partial charge in [-0.1, -0.05) is 0 Å². The van der Waals surface area contributed by atoms with Crippen LogP contribution in [0.25, 0.3) is 0 Å². The number of alkyl halides is 1. The topological polar surface area (TPSA) is 160 Å². The fraction of sp³-hybridized carbons (Fsp3) is 0.286. The van der Waals surface area contributed by atoms with Crippen molar-refractivity contribution < 1.29 is 14.0 Å². The van der Waals surface area contributed by atoms with E-state index in [0.717, 1.165) is 23.9 Å². The number of thiazole rings is 1. The number of carbonyl (C=O) groups excluding carboxylic acids is 2. The first kappa shape index (κ1) is 23.9. The number of nitrogens with two attached hydrogens (primary N) is 1. The van der Waals surface area contributed by atoms with E-state index in [4.69, 9.17) is 11.1 Å². The molecule has 1 atom stereocenters. The van der Waals surface area contributed by atoms with Gasteiger partial charge in [-0.3, -0.25) is 9.59 Å². The van der Waals surface area contributed by atoms with Gasteiger partial charge in [-0.2, -0.15) is 0 Å². The summed E-state index contributed by atoms with van der Waals surface area (Å²) in [6, 6.07) is 0.960. The van der Waals surface area contributed by atoms with E-state index in [0.29, 0.717) is 21.0 Å². The molecule has 3 rings (SSSR count). The van der Waals surface area contributed by atoms with Crippen molar-refractivity contribution in [3.8, 4) is 0 Å². The number of pyridine rings is 1. The number of nitrogens with zero attached hydrogens (tertiary/aromatic N) is 4. The molecule has 0 aliphatic rings. The minimum Gasteiger partial charge on any atom is -0.383 e. The maximum absolute atomic E-state index is 14.4. The summed E-state index contributed by atoms with van der Waals surface area (Å²) in [5, 5.41) is 13.3. The second-order valence-corrected chi connectivity index (χ2v) is 8.80. The van der Waals surface area contributed by atoms with Gasteiger partial charge in [-0.05, 0) is 44.9 Å². The molecule has 0 aliphatic heterocycles. The number of hydrogen-bond acceptors (Lipinski definition) is 9. The summed E-state index contributed by atoms with van der Waals surface area (Å²) in [4.78, 5) is 41.5. The van der Waals surface area contributed by atoms with Gasteiger partial charge in [-0.25, -0.2) is 24.3 Å². The van der Waals surface area contributed by atoms with E-state index in [1.54, 1.807) is 13.8 Å². The molecule has 0 aromatic carbocycles. The Labute approximate surface area is 193 Å². The number of carbonyl (C=O) groups is 2. The molecule has 172 valence electrons. The summed E-state index contributed by atoms with van der Waals surface area (Å²) in [6.45, 7) is 6.32. The third-order valence-corrected chi connectivity index (χ3v) is 5.90. The van der Waals surface area contributed by atoms with Gasteiger partial charge in [0.1, 0.15) is 39.2 Å². The van der Waals surface area contributed by atoms with Crippen LogP contribution in [-0.2, 0) is 5.67 Å². The first-order valence-electron chi connectivity index (χ1n) is 9.86. The molecule has 0 saturated carbocycles. The van der Waals surface area contributed by atoms with Crippen LogP contribution in [0.2, 0.25) is 0 Å². The molecule has 0 saturated heterocycles. The number of anilines is 2. The van der Waals surface area contributed by atoms with Crippen molar-refractivity contribution in [2.45, 2.75) is 39.4 Å². The lowest BCUT2D eigenvalue weighted by Crippen LogP contribution is -2.28. The molecule has 2 amide bonds. The van der Waals surface area contributed by atoms with Crippen molar-refractivity contribution in [1.29, 1.82) is 5.41 Å². The maximum Gasteiger partial charge on any atom is 0.271 e. The molecule has 5 N–H and O–H groups in total. The Balaban J connectivity index is 1.72. The van der Waals surface area contributed by atoms with Crippen LogP contribution in [0.3, 0.4) is 0 Å². The van der Waals surface area contributed by atoms with Crippen LogP contribution in [0, 0.1) is 12.3 Å². The number of hydrogen-bond donors (Lipinski definition) is 4. The Morgan fingerprint density at radius 3 is 2.61 bits per heavy atom. The first-order chi connectivity index (χ1) is 15.5. The zero-order chi connectivity index (χ0) is 24.3. The average Bonchev–Trinajstić information content (AvgIpc) is 3.24. The van der Waals surface area contributed by atoms with Crippen LogP contribution >= 0.6 is 11.3 Å². The zero-order valence-electron chi connectivity index (χ0n) is 18.4. The third-order valence-electron chi connectivity index (χ3n) is 4.72. The molecule has 0 bridgehead atoms. The van der Waals surface area contributed by atoms with Gasteiger partial charge in [0, 0.05) is 12.4 Å². The summed E-state index contributed by atoms with van der Waals surface area (Å²) in [6.07, 6.45) is 4.94. The largest absolute Gasteiger partial charge is 0.383 e. The zero-order valence-corrected chi connectivity index (χ0v) is 19.2. The summed E-state index contributed by atoms with van der Waals surface area (Å²) in [7, 11) is 0. The average molecular weight is 471 g/mol. The summed E-state index contributed by atoms with van der Waals surface area (Å²) in [5.41, 5.74) is 5.31. The van der Waals surface area contributed by atoms with Gasteiger partial charge in [0.2, 0.25) is 0 Å². The van der Waals surface area contributed by atoms with Crippen molar-refractivity contribution >= 4 is 41.0 Å². The molecular formula is C21H23FN8O2S. The van der Waals surface area contributed by atoms with E-state index in [1.165, 1.54) is 32.3 Å². The number of aromatic nitrogens is 4. The molecule has 1 unspecified atom stereocenters. The molecule has 0 radical (unpaired) electrons. The van der Waals surface area contributed by atoms with Crippen molar-refractivity contribution in [2.75, 3.05) is 11.1 Å². The summed E-state index contributed by atoms with van der Waals surface area (Å²) in [5.74, 6) is -0.759. The Hall–Kier alpha value is -3.80. The second kappa shape index (κ2) is 9.36. The van der Waals surface area contributed by atoms with Gasteiger partial charge in [0.05, 0.1) is 17.8 Å². The molecule has 10 nitrogen and oxygen atoms in total. The monoisotopic (exact) mass is 470 g/mol. The highest BCUT2D eigenvalue weighted by Crippen LogP contribution is 2.29. The van der Waals surface area contributed by atoms with E-state index in [9.17, 15) is 14.0 Å². The number of nitrogen functional groups attached to an aromatic ring is 1. The van der Waals surface area contributed by atoms with Crippen molar-refractivity contribution in [1.82, 2.24) is 25.3 Å². The molecule has 3 aromatic heterocycles. The van der Waals surface area contributed by atoms with E-state index in [-0.39, 0.29) is 22.9 Å². The van der Waals surface area contributed by atoms with Crippen LogP contribution in [0.1, 0.15) is 68.7 Å². The fourth-order valence-corrected chi connectivity index (χ4v) is 3.88. The number of aryl methyl sites for hydroxylation is 1. The molecule has 0 spiro atoms. The highest BCUT2D eigenvalue weighted by molar-refractivity contribution is 7.13.